The van der Waals surface area contributed by atoms with Crippen molar-refractivity contribution in [1.82, 2.24) is 14.6 Å². The van der Waals surface area contributed by atoms with Gasteiger partial charge in [-0.3, -0.25) is 14.5 Å². The summed E-state index contributed by atoms with van der Waals surface area (Å²) in [5, 5.41) is 8.20. The molecule has 1 fully saturated rings. The van der Waals surface area contributed by atoms with Crippen LogP contribution in [0.15, 0.2) is 95.2 Å². The van der Waals surface area contributed by atoms with Crippen molar-refractivity contribution in [1.29, 1.82) is 0 Å². The van der Waals surface area contributed by atoms with E-state index in [2.05, 4.69) is 33.0 Å². The number of nitrogens with one attached hydrogen (secondary N) is 2. The molecule has 5 rings (SSSR count). The predicted octanol–water partition coefficient (Wildman–Crippen LogP) is 4.54. The first kappa shape index (κ1) is 27.9. The van der Waals surface area contributed by atoms with Crippen LogP contribution in [0.25, 0.3) is 11.1 Å². The summed E-state index contributed by atoms with van der Waals surface area (Å²) in [6.45, 7) is 4.41. The van der Waals surface area contributed by atoms with Gasteiger partial charge in [-0.1, -0.05) is 48.5 Å². The molecule has 11 heteroatoms. The first-order valence-corrected chi connectivity index (χ1v) is 15.3. The molecule has 208 valence electrons. The third kappa shape index (κ3) is 6.40. The zero-order valence-corrected chi connectivity index (χ0v) is 23.7. The summed E-state index contributed by atoms with van der Waals surface area (Å²) in [6.07, 6.45) is 0. The highest BCUT2D eigenvalue weighted by Gasteiger charge is 2.30. The van der Waals surface area contributed by atoms with Gasteiger partial charge in [-0.05, 0) is 53.5 Å². The average Bonchev–Trinajstić information content (AvgIpc) is 3.46. The predicted molar refractivity (Wildman–Crippen MR) is 158 cm³/mol. The zero-order valence-electron chi connectivity index (χ0n) is 22.1. The molecule has 0 radical (unpaired) electrons. The van der Waals surface area contributed by atoms with Crippen LogP contribution in [0.1, 0.15) is 18.7 Å². The molecule has 1 aliphatic rings. The van der Waals surface area contributed by atoms with Crippen molar-refractivity contribution in [3.8, 4) is 11.1 Å². The average molecular weight is 578 g/mol. The Hall–Kier alpha value is -3.61. The van der Waals surface area contributed by atoms with Gasteiger partial charge in [0.1, 0.15) is 0 Å². The molecule has 1 atom stereocenters. The number of para-hydroxylation sites is 1. The Bertz CT molecular complexity index is 1510. The molecule has 9 nitrogen and oxygen atoms in total. The Labute approximate surface area is 238 Å². The fraction of sp³-hybridized carbons (Fsp3) is 0.241. The van der Waals surface area contributed by atoms with Crippen molar-refractivity contribution in [3.63, 3.8) is 0 Å². The number of hydrogen-bond acceptors (Lipinski definition) is 8. The number of amides is 1. The molecule has 1 aliphatic heterocycles. The van der Waals surface area contributed by atoms with Crippen LogP contribution in [0.3, 0.4) is 0 Å². The molecule has 0 spiro atoms. The lowest BCUT2D eigenvalue weighted by atomic mass is 10.0. The summed E-state index contributed by atoms with van der Waals surface area (Å²) in [5.41, 5.74) is 4.16. The number of nitrogens with zero attached hydrogens (tertiary/aromatic N) is 3. The van der Waals surface area contributed by atoms with Crippen LogP contribution in [0.5, 0.6) is 0 Å². The van der Waals surface area contributed by atoms with Crippen LogP contribution < -0.4 is 15.1 Å². The minimum Gasteiger partial charge on any atom is -0.326 e. The maximum Gasteiger partial charge on any atom is 0.286 e. The van der Waals surface area contributed by atoms with Gasteiger partial charge in [-0.25, -0.2) is 0 Å². The van der Waals surface area contributed by atoms with Crippen LogP contribution in [0.2, 0.25) is 0 Å². The van der Waals surface area contributed by atoms with E-state index in [1.54, 1.807) is 36.4 Å². The maximum absolute atomic E-state index is 13.7. The first-order valence-electron chi connectivity index (χ1n) is 13.0. The number of anilines is 2. The molecule has 1 amide bonds. The second kappa shape index (κ2) is 12.7. The molecule has 0 saturated carbocycles. The summed E-state index contributed by atoms with van der Waals surface area (Å²) in [7, 11) is -4.04. The molecule has 1 aromatic heterocycles. The fourth-order valence-electron chi connectivity index (χ4n) is 4.69. The quantitative estimate of drug-likeness (QED) is 0.267. The molecule has 1 saturated heterocycles. The highest BCUT2D eigenvalue weighted by Crippen LogP contribution is 2.33. The maximum atomic E-state index is 13.7. The van der Waals surface area contributed by atoms with Gasteiger partial charge in [0.2, 0.25) is 5.91 Å². The van der Waals surface area contributed by atoms with Gasteiger partial charge in [0.25, 0.3) is 10.0 Å². The minimum absolute atomic E-state index is 0.0295. The second-order valence-corrected chi connectivity index (χ2v) is 11.7. The van der Waals surface area contributed by atoms with E-state index in [-0.39, 0.29) is 23.5 Å². The molecule has 0 bridgehead atoms. The minimum atomic E-state index is -4.04. The zero-order chi connectivity index (χ0) is 28.0. The summed E-state index contributed by atoms with van der Waals surface area (Å²) >= 11 is 1.44. The molecule has 2 N–H and O–H groups in total. The molecular weight excluding hydrogens is 546 g/mol. The Morgan fingerprint density at radius 2 is 1.77 bits per heavy atom. The largest absolute Gasteiger partial charge is 0.326 e. The number of piperazine rings is 1. The lowest BCUT2D eigenvalue weighted by molar-refractivity contribution is -0.114. The van der Waals surface area contributed by atoms with Crippen LogP contribution in [0, 0.1) is 0 Å². The van der Waals surface area contributed by atoms with Gasteiger partial charge in [0, 0.05) is 49.7 Å². The number of benzene rings is 3. The van der Waals surface area contributed by atoms with Crippen molar-refractivity contribution >= 4 is 38.8 Å². The van der Waals surface area contributed by atoms with E-state index < -0.39 is 10.0 Å². The van der Waals surface area contributed by atoms with Crippen molar-refractivity contribution in [2.24, 2.45) is 0 Å². The van der Waals surface area contributed by atoms with Crippen molar-refractivity contribution < 1.29 is 18.0 Å². The standard InChI is InChI=1S/C29H31N5O4S2/c1-22(35)31-24-12-14-26(15-13-24)40(36,37)34(25-10-6-3-7-11-25)38-19-18-33-17-16-30-20-28(33)29-27(21-39-32-29)23-8-4-2-5-9-23/h2-15,21,28,30H,16-20H2,1H3,(H,31,35). The van der Waals surface area contributed by atoms with E-state index in [1.165, 1.54) is 30.6 Å². The fourth-order valence-corrected chi connectivity index (χ4v) is 6.72. The van der Waals surface area contributed by atoms with E-state index in [9.17, 15) is 13.2 Å². The van der Waals surface area contributed by atoms with Gasteiger partial charge < -0.3 is 10.6 Å². The Morgan fingerprint density at radius 3 is 2.48 bits per heavy atom. The third-order valence-corrected chi connectivity index (χ3v) is 8.86. The number of sulfonamides is 1. The van der Waals surface area contributed by atoms with Crippen LogP contribution in [-0.4, -0.2) is 56.4 Å². The van der Waals surface area contributed by atoms with E-state index in [0.717, 1.165) is 40.9 Å². The molecule has 3 aromatic carbocycles. The summed E-state index contributed by atoms with van der Waals surface area (Å²) in [5.74, 6) is -0.232. The molecule has 0 aliphatic carbocycles. The molecule has 2 heterocycles. The van der Waals surface area contributed by atoms with Crippen LogP contribution >= 0.6 is 11.5 Å². The Morgan fingerprint density at radius 1 is 1.07 bits per heavy atom. The number of rotatable bonds is 10. The summed E-state index contributed by atoms with van der Waals surface area (Å²) < 4.78 is 33.1. The number of hydrogen-bond donors (Lipinski definition) is 2. The normalized spacial score (nSPS) is 16.0. The highest BCUT2D eigenvalue weighted by atomic mass is 32.2. The van der Waals surface area contributed by atoms with Gasteiger partial charge in [0.15, 0.2) is 0 Å². The third-order valence-electron chi connectivity index (χ3n) is 6.60. The van der Waals surface area contributed by atoms with E-state index >= 15 is 0 Å². The smallest absolute Gasteiger partial charge is 0.286 e. The molecule has 40 heavy (non-hydrogen) atoms. The second-order valence-electron chi connectivity index (χ2n) is 9.34. The van der Waals surface area contributed by atoms with Gasteiger partial charge >= 0.3 is 0 Å². The number of aromatic nitrogens is 1. The number of carbonyl (C=O) groups excluding carboxylic acids is 1. The first-order chi connectivity index (χ1) is 19.4. The lowest BCUT2D eigenvalue weighted by Crippen LogP contribution is -2.48. The monoisotopic (exact) mass is 577 g/mol. The van der Waals surface area contributed by atoms with E-state index in [4.69, 9.17) is 9.21 Å². The molecule has 1 unspecified atom stereocenters. The molecular formula is C29H31N5O4S2. The topological polar surface area (TPSA) is 104 Å². The molecule has 4 aromatic rings. The van der Waals surface area contributed by atoms with Gasteiger partial charge in [-0.2, -0.15) is 12.8 Å². The lowest BCUT2D eigenvalue weighted by Gasteiger charge is -2.36. The van der Waals surface area contributed by atoms with Crippen LogP contribution in [0.4, 0.5) is 11.4 Å². The van der Waals surface area contributed by atoms with Gasteiger partial charge in [0.05, 0.1) is 28.9 Å². The van der Waals surface area contributed by atoms with Crippen LogP contribution in [-0.2, 0) is 19.7 Å². The highest BCUT2D eigenvalue weighted by molar-refractivity contribution is 7.92. The summed E-state index contributed by atoms with van der Waals surface area (Å²) in [6, 6.07) is 25.0. The SMILES string of the molecule is CC(=O)Nc1ccc(S(=O)(=O)N(OCCN2CCNCC2c2nscc2-c2ccccc2)c2ccccc2)cc1. The summed E-state index contributed by atoms with van der Waals surface area (Å²) in [4.78, 5) is 19.7. The van der Waals surface area contributed by atoms with E-state index in [0.29, 0.717) is 17.9 Å². The van der Waals surface area contributed by atoms with Crippen molar-refractivity contribution in [2.75, 3.05) is 42.6 Å². The van der Waals surface area contributed by atoms with Crippen molar-refractivity contribution in [3.05, 3.63) is 96.0 Å². The Kier molecular flexibility index (Phi) is 8.88. The van der Waals surface area contributed by atoms with Crippen molar-refractivity contribution in [2.45, 2.75) is 17.9 Å². The number of carbonyl (C=O) groups is 1. The Balaban J connectivity index is 1.34. The van der Waals surface area contributed by atoms with E-state index in [1.807, 2.05) is 24.3 Å². The van der Waals surface area contributed by atoms with Gasteiger partial charge in [-0.15, -0.1) is 4.47 Å².